The Labute approximate surface area is 112 Å². The van der Waals surface area contributed by atoms with Crippen LogP contribution in [0.3, 0.4) is 0 Å². The molecule has 1 heterocycles. The summed E-state index contributed by atoms with van der Waals surface area (Å²) >= 11 is 5.77. The highest BCUT2D eigenvalue weighted by Crippen LogP contribution is 2.16. The van der Waals surface area contributed by atoms with Crippen LogP contribution in [0.25, 0.3) is 10.9 Å². The summed E-state index contributed by atoms with van der Waals surface area (Å²) in [5, 5.41) is 10.3. The number of aromatic nitrogens is 1. The van der Waals surface area contributed by atoms with Gasteiger partial charge in [-0.2, -0.15) is 0 Å². The number of hydrogen-bond acceptors (Lipinski definition) is 2. The molecular formula is C14H20ClNO2. The van der Waals surface area contributed by atoms with Crippen molar-refractivity contribution < 1.29 is 5.11 Å². The van der Waals surface area contributed by atoms with E-state index in [-0.39, 0.29) is 12.2 Å². The minimum atomic E-state index is -0.276. The third-order valence-electron chi connectivity index (χ3n) is 2.06. The number of nitrogens with one attached hydrogen (secondary N) is 1. The normalized spacial score (nSPS) is 9.00. The Kier molecular flexibility index (Phi) is 8.08. The maximum absolute atomic E-state index is 11.3. The first kappa shape index (κ1) is 16.7. The molecule has 0 spiro atoms. The quantitative estimate of drug-likeness (QED) is 0.829. The fourth-order valence-electron chi connectivity index (χ4n) is 1.34. The van der Waals surface area contributed by atoms with E-state index >= 15 is 0 Å². The lowest BCUT2D eigenvalue weighted by molar-refractivity contribution is 0.280. The highest BCUT2D eigenvalue weighted by molar-refractivity contribution is 6.31. The summed E-state index contributed by atoms with van der Waals surface area (Å²) in [6.07, 6.45) is 0. The number of benzene rings is 1. The van der Waals surface area contributed by atoms with Gasteiger partial charge in [-0.3, -0.25) is 4.79 Å². The predicted octanol–water partition coefficient (Wildman–Crippen LogP) is 3.73. The number of fused-ring (bicyclic) bond motifs is 1. The first-order chi connectivity index (χ1) is 8.70. The van der Waals surface area contributed by atoms with Crippen molar-refractivity contribution in [3.05, 3.63) is 45.2 Å². The highest BCUT2D eigenvalue weighted by Gasteiger charge is 2.01. The number of aliphatic hydroxyl groups is 1. The molecule has 2 aromatic rings. The van der Waals surface area contributed by atoms with Crippen molar-refractivity contribution in [2.45, 2.75) is 34.3 Å². The average Bonchev–Trinajstić information content (AvgIpc) is 2.42. The second-order valence-electron chi connectivity index (χ2n) is 3.01. The fourth-order valence-corrected chi connectivity index (χ4v) is 1.51. The van der Waals surface area contributed by atoms with Crippen molar-refractivity contribution in [1.82, 2.24) is 4.98 Å². The van der Waals surface area contributed by atoms with Gasteiger partial charge in [0.2, 0.25) is 0 Å². The van der Waals surface area contributed by atoms with Crippen molar-refractivity contribution in [2.75, 3.05) is 0 Å². The first-order valence-corrected chi connectivity index (χ1v) is 6.51. The summed E-state index contributed by atoms with van der Waals surface area (Å²) in [6.45, 7) is 7.74. The van der Waals surface area contributed by atoms with Gasteiger partial charge in [-0.05, 0) is 23.6 Å². The van der Waals surface area contributed by atoms with Gasteiger partial charge in [-0.15, -0.1) is 0 Å². The second-order valence-corrected chi connectivity index (χ2v) is 3.45. The van der Waals surface area contributed by atoms with Gasteiger partial charge in [0.25, 0.3) is 5.56 Å². The topological polar surface area (TPSA) is 53.1 Å². The van der Waals surface area contributed by atoms with E-state index in [1.807, 2.05) is 27.7 Å². The summed E-state index contributed by atoms with van der Waals surface area (Å²) in [7, 11) is 0. The van der Waals surface area contributed by atoms with E-state index in [1.54, 1.807) is 24.3 Å². The summed E-state index contributed by atoms with van der Waals surface area (Å²) < 4.78 is 0. The van der Waals surface area contributed by atoms with Crippen LogP contribution in [-0.4, -0.2) is 10.1 Å². The highest BCUT2D eigenvalue weighted by atomic mass is 35.5. The lowest BCUT2D eigenvalue weighted by atomic mass is 10.2. The lowest BCUT2D eigenvalue weighted by Crippen LogP contribution is -2.11. The number of hydrogen-bond donors (Lipinski definition) is 2. The fraction of sp³-hybridized carbons (Fsp3) is 0.357. The molecule has 1 aromatic carbocycles. The summed E-state index contributed by atoms with van der Waals surface area (Å²) in [4.78, 5) is 14.0. The van der Waals surface area contributed by atoms with Crippen molar-refractivity contribution in [3.63, 3.8) is 0 Å². The molecule has 0 amide bonds. The number of H-pyrrole nitrogens is 1. The molecule has 18 heavy (non-hydrogen) atoms. The third kappa shape index (κ3) is 4.17. The van der Waals surface area contributed by atoms with Crippen LogP contribution in [0, 0.1) is 0 Å². The molecule has 4 heteroatoms. The molecule has 3 nitrogen and oxygen atoms in total. The average molecular weight is 270 g/mol. The molecule has 0 aliphatic rings. The van der Waals surface area contributed by atoms with Gasteiger partial charge in [-0.25, -0.2) is 0 Å². The molecular weight excluding hydrogens is 250 g/mol. The second kappa shape index (κ2) is 8.72. The molecule has 0 aliphatic heterocycles. The molecule has 0 bridgehead atoms. The van der Waals surface area contributed by atoms with Gasteiger partial charge >= 0.3 is 0 Å². The maximum atomic E-state index is 11.3. The van der Waals surface area contributed by atoms with Crippen molar-refractivity contribution in [1.29, 1.82) is 0 Å². The number of rotatable bonds is 1. The van der Waals surface area contributed by atoms with Crippen LogP contribution >= 0.6 is 11.6 Å². The Morgan fingerprint density at radius 3 is 2.33 bits per heavy atom. The molecule has 1 aromatic heterocycles. The largest absolute Gasteiger partial charge is 0.391 e. The van der Waals surface area contributed by atoms with Crippen LogP contribution in [0.1, 0.15) is 33.3 Å². The van der Waals surface area contributed by atoms with E-state index in [0.717, 1.165) is 5.39 Å². The zero-order valence-electron chi connectivity index (χ0n) is 11.2. The van der Waals surface area contributed by atoms with Crippen LogP contribution in [0.4, 0.5) is 0 Å². The Hall–Kier alpha value is -1.32. The Morgan fingerprint density at radius 2 is 1.78 bits per heavy atom. The zero-order valence-corrected chi connectivity index (χ0v) is 12.0. The summed E-state index contributed by atoms with van der Waals surface area (Å²) in [5.41, 5.74) is 0.766. The molecule has 2 N–H and O–H groups in total. The van der Waals surface area contributed by atoms with E-state index in [0.29, 0.717) is 16.1 Å². The van der Waals surface area contributed by atoms with Crippen LogP contribution in [-0.2, 0) is 6.61 Å². The summed E-state index contributed by atoms with van der Waals surface area (Å²) in [5.74, 6) is 0. The van der Waals surface area contributed by atoms with Gasteiger partial charge in [0.15, 0.2) is 0 Å². The van der Waals surface area contributed by atoms with E-state index in [2.05, 4.69) is 4.98 Å². The van der Waals surface area contributed by atoms with Crippen LogP contribution in [0.5, 0.6) is 0 Å². The van der Waals surface area contributed by atoms with Crippen molar-refractivity contribution >= 4 is 22.5 Å². The number of halogens is 1. The smallest absolute Gasteiger partial charge is 0.253 e. The van der Waals surface area contributed by atoms with Crippen LogP contribution in [0.15, 0.2) is 29.1 Å². The molecule has 0 saturated carbocycles. The van der Waals surface area contributed by atoms with E-state index in [1.165, 1.54) is 0 Å². The minimum Gasteiger partial charge on any atom is -0.391 e. The lowest BCUT2D eigenvalue weighted by Gasteiger charge is -2.00. The van der Waals surface area contributed by atoms with Crippen LogP contribution in [0.2, 0.25) is 5.02 Å². The molecule has 0 aliphatic carbocycles. The molecule has 0 unspecified atom stereocenters. The predicted molar refractivity (Wildman–Crippen MR) is 78.2 cm³/mol. The number of aromatic amines is 1. The molecule has 0 atom stereocenters. The van der Waals surface area contributed by atoms with Gasteiger partial charge in [0.05, 0.1) is 6.61 Å². The molecule has 100 valence electrons. The van der Waals surface area contributed by atoms with E-state index in [9.17, 15) is 4.79 Å². The number of aliphatic hydroxyl groups excluding tert-OH is 1. The van der Waals surface area contributed by atoms with Gasteiger partial charge in [0, 0.05) is 16.1 Å². The third-order valence-corrected chi connectivity index (χ3v) is 2.29. The molecule has 2 rings (SSSR count). The summed E-state index contributed by atoms with van der Waals surface area (Å²) in [6, 6.07) is 6.88. The SMILES string of the molecule is CC.CC.O=c1[nH]c2cc(Cl)ccc2cc1CO. The zero-order chi connectivity index (χ0) is 14.1. The van der Waals surface area contributed by atoms with Crippen molar-refractivity contribution in [2.24, 2.45) is 0 Å². The molecule has 0 saturated heterocycles. The Bertz CT molecular complexity index is 535. The van der Waals surface area contributed by atoms with Crippen molar-refractivity contribution in [3.8, 4) is 0 Å². The first-order valence-electron chi connectivity index (χ1n) is 6.13. The standard InChI is InChI=1S/C10H8ClNO2.2C2H6/c11-8-2-1-6-3-7(5-13)10(14)12-9(6)4-8;2*1-2/h1-4,13H,5H2,(H,12,14);2*1-2H3. The number of pyridine rings is 1. The van der Waals surface area contributed by atoms with E-state index in [4.69, 9.17) is 16.7 Å². The van der Waals surface area contributed by atoms with Gasteiger partial charge in [-0.1, -0.05) is 45.4 Å². The molecule has 0 radical (unpaired) electrons. The minimum absolute atomic E-state index is 0.256. The Balaban J connectivity index is 0.000000659. The monoisotopic (exact) mass is 269 g/mol. The van der Waals surface area contributed by atoms with Gasteiger partial charge in [0.1, 0.15) is 0 Å². The maximum Gasteiger partial charge on any atom is 0.253 e. The Morgan fingerprint density at radius 1 is 1.17 bits per heavy atom. The van der Waals surface area contributed by atoms with E-state index < -0.39 is 0 Å². The van der Waals surface area contributed by atoms with Gasteiger partial charge < -0.3 is 10.1 Å². The molecule has 0 fully saturated rings. The van der Waals surface area contributed by atoms with Crippen LogP contribution < -0.4 is 5.56 Å².